The lowest BCUT2D eigenvalue weighted by atomic mass is 10.3. The molecule has 0 fully saturated rings. The third-order valence-corrected chi connectivity index (χ3v) is 2.36. The van der Waals surface area contributed by atoms with Gasteiger partial charge in [-0.3, -0.25) is 4.98 Å². The van der Waals surface area contributed by atoms with E-state index >= 15 is 0 Å². The molecule has 82 valence electrons. The maximum absolute atomic E-state index is 5.99. The summed E-state index contributed by atoms with van der Waals surface area (Å²) in [7, 11) is 0. The van der Waals surface area contributed by atoms with Gasteiger partial charge < -0.3 is 10.5 Å². The van der Waals surface area contributed by atoms with E-state index in [0.717, 1.165) is 5.69 Å². The quantitative estimate of drug-likeness (QED) is 0.810. The van der Waals surface area contributed by atoms with Crippen molar-refractivity contribution in [2.45, 2.75) is 6.92 Å². The Labute approximate surface area is 98.8 Å². The van der Waals surface area contributed by atoms with Gasteiger partial charge in [0.2, 0.25) is 0 Å². The molecule has 0 radical (unpaired) electrons. The van der Waals surface area contributed by atoms with Crippen LogP contribution in [-0.2, 0) is 0 Å². The first kappa shape index (κ1) is 10.8. The van der Waals surface area contributed by atoms with Crippen LogP contribution in [0, 0.1) is 6.92 Å². The van der Waals surface area contributed by atoms with E-state index in [1.54, 1.807) is 24.4 Å². The molecule has 2 aromatic rings. The Hall–Kier alpha value is -1.74. The zero-order chi connectivity index (χ0) is 11.5. The molecular formula is C12H11ClN2O. The van der Waals surface area contributed by atoms with Crippen molar-refractivity contribution in [2.75, 3.05) is 5.73 Å². The third-order valence-electron chi connectivity index (χ3n) is 2.07. The van der Waals surface area contributed by atoms with Crippen LogP contribution in [-0.4, -0.2) is 4.98 Å². The van der Waals surface area contributed by atoms with E-state index in [9.17, 15) is 0 Å². The number of rotatable bonds is 2. The molecule has 0 spiro atoms. The van der Waals surface area contributed by atoms with Crippen molar-refractivity contribution in [3.63, 3.8) is 0 Å². The van der Waals surface area contributed by atoms with Crippen molar-refractivity contribution in [2.24, 2.45) is 0 Å². The lowest BCUT2D eigenvalue weighted by Crippen LogP contribution is -1.89. The van der Waals surface area contributed by atoms with Crippen LogP contribution in [0.15, 0.2) is 36.5 Å². The number of aryl methyl sites for hydroxylation is 1. The normalized spacial score (nSPS) is 10.1. The molecule has 0 bridgehead atoms. The van der Waals surface area contributed by atoms with Gasteiger partial charge in [0, 0.05) is 11.4 Å². The average Bonchev–Trinajstić information content (AvgIpc) is 2.25. The Kier molecular flexibility index (Phi) is 2.97. The molecule has 2 rings (SSSR count). The summed E-state index contributed by atoms with van der Waals surface area (Å²) in [5.41, 5.74) is 7.14. The molecule has 4 heteroatoms. The van der Waals surface area contributed by atoms with Gasteiger partial charge in [-0.15, -0.1) is 0 Å². The number of nitrogens with zero attached hydrogens (tertiary/aromatic N) is 1. The number of aromatic nitrogens is 1. The Morgan fingerprint density at radius 2 is 2.06 bits per heavy atom. The molecule has 0 aliphatic heterocycles. The highest BCUT2D eigenvalue weighted by atomic mass is 35.5. The van der Waals surface area contributed by atoms with E-state index in [1.807, 2.05) is 19.1 Å². The first-order valence-electron chi connectivity index (χ1n) is 4.81. The van der Waals surface area contributed by atoms with Crippen LogP contribution < -0.4 is 10.5 Å². The number of hydrogen-bond donors (Lipinski definition) is 1. The van der Waals surface area contributed by atoms with Crippen LogP contribution in [0.3, 0.4) is 0 Å². The first-order chi connectivity index (χ1) is 7.65. The smallest absolute Gasteiger partial charge is 0.146 e. The number of ether oxygens (including phenoxy) is 1. The molecule has 0 amide bonds. The molecule has 1 aromatic carbocycles. The van der Waals surface area contributed by atoms with Crippen LogP contribution in [0.5, 0.6) is 11.5 Å². The second-order valence-electron chi connectivity index (χ2n) is 3.43. The first-order valence-corrected chi connectivity index (χ1v) is 5.18. The lowest BCUT2D eigenvalue weighted by Gasteiger charge is -2.07. The van der Waals surface area contributed by atoms with Crippen molar-refractivity contribution >= 4 is 17.3 Å². The molecule has 0 saturated heterocycles. The molecule has 2 N–H and O–H groups in total. The van der Waals surface area contributed by atoms with Gasteiger partial charge >= 0.3 is 0 Å². The predicted molar refractivity (Wildman–Crippen MR) is 64.9 cm³/mol. The maximum atomic E-state index is 5.99. The zero-order valence-electron chi connectivity index (χ0n) is 8.77. The molecule has 1 heterocycles. The summed E-state index contributed by atoms with van der Waals surface area (Å²) in [6.07, 6.45) is 1.65. The Morgan fingerprint density at radius 3 is 2.69 bits per heavy atom. The largest absolute Gasteiger partial charge is 0.454 e. The molecule has 0 saturated carbocycles. The van der Waals surface area contributed by atoms with Gasteiger partial charge in [-0.25, -0.2) is 0 Å². The topological polar surface area (TPSA) is 48.1 Å². The molecule has 16 heavy (non-hydrogen) atoms. The number of hydrogen-bond acceptors (Lipinski definition) is 3. The SMILES string of the molecule is Cc1ccc(Oc2ccc(N)cc2Cl)cn1. The zero-order valence-corrected chi connectivity index (χ0v) is 9.53. The number of nitrogen functional groups attached to an aromatic ring is 1. The van der Waals surface area contributed by atoms with Crippen LogP contribution >= 0.6 is 11.6 Å². The third kappa shape index (κ3) is 2.44. The summed E-state index contributed by atoms with van der Waals surface area (Å²) in [4.78, 5) is 4.13. The van der Waals surface area contributed by atoms with Gasteiger partial charge in [-0.05, 0) is 37.3 Å². The van der Waals surface area contributed by atoms with Gasteiger partial charge in [0.05, 0.1) is 11.2 Å². The molecule has 0 aliphatic rings. The van der Waals surface area contributed by atoms with Crippen molar-refractivity contribution in [3.8, 4) is 11.5 Å². The van der Waals surface area contributed by atoms with E-state index < -0.39 is 0 Å². The van der Waals surface area contributed by atoms with Crippen LogP contribution in [0.2, 0.25) is 5.02 Å². The fraction of sp³-hybridized carbons (Fsp3) is 0.0833. The van der Waals surface area contributed by atoms with Gasteiger partial charge in [0.1, 0.15) is 11.5 Å². The highest BCUT2D eigenvalue weighted by Gasteiger charge is 2.03. The minimum absolute atomic E-state index is 0.487. The minimum Gasteiger partial charge on any atom is -0.454 e. The summed E-state index contributed by atoms with van der Waals surface area (Å²) < 4.78 is 5.57. The number of benzene rings is 1. The fourth-order valence-corrected chi connectivity index (χ4v) is 1.47. The molecule has 3 nitrogen and oxygen atoms in total. The Balaban J connectivity index is 2.23. The average molecular weight is 235 g/mol. The van der Waals surface area contributed by atoms with Gasteiger partial charge in [0.15, 0.2) is 0 Å². The van der Waals surface area contributed by atoms with Crippen molar-refractivity contribution < 1.29 is 4.74 Å². The second-order valence-corrected chi connectivity index (χ2v) is 3.83. The van der Waals surface area contributed by atoms with Gasteiger partial charge in [0.25, 0.3) is 0 Å². The van der Waals surface area contributed by atoms with E-state index in [2.05, 4.69) is 4.98 Å². The summed E-state index contributed by atoms with van der Waals surface area (Å²) in [6.45, 7) is 1.92. The molecule has 0 atom stereocenters. The van der Waals surface area contributed by atoms with Crippen LogP contribution in [0.25, 0.3) is 0 Å². The van der Waals surface area contributed by atoms with Crippen LogP contribution in [0.1, 0.15) is 5.69 Å². The van der Waals surface area contributed by atoms with Crippen LogP contribution in [0.4, 0.5) is 5.69 Å². The number of pyridine rings is 1. The summed E-state index contributed by atoms with van der Waals surface area (Å²) in [5.74, 6) is 1.22. The number of anilines is 1. The van der Waals surface area contributed by atoms with Crippen molar-refractivity contribution in [1.29, 1.82) is 0 Å². The monoisotopic (exact) mass is 234 g/mol. The molecule has 1 aromatic heterocycles. The van der Waals surface area contributed by atoms with E-state index in [-0.39, 0.29) is 0 Å². The Morgan fingerprint density at radius 1 is 1.25 bits per heavy atom. The minimum atomic E-state index is 0.487. The van der Waals surface area contributed by atoms with E-state index in [1.165, 1.54) is 0 Å². The van der Waals surface area contributed by atoms with E-state index in [0.29, 0.717) is 22.2 Å². The summed E-state index contributed by atoms with van der Waals surface area (Å²) >= 11 is 5.99. The highest BCUT2D eigenvalue weighted by Crippen LogP contribution is 2.30. The number of nitrogens with two attached hydrogens (primary N) is 1. The fourth-order valence-electron chi connectivity index (χ4n) is 1.24. The molecular weight excluding hydrogens is 224 g/mol. The van der Waals surface area contributed by atoms with Gasteiger partial charge in [-0.1, -0.05) is 11.6 Å². The Bertz CT molecular complexity index is 497. The predicted octanol–water partition coefficient (Wildman–Crippen LogP) is 3.42. The maximum Gasteiger partial charge on any atom is 0.146 e. The highest BCUT2D eigenvalue weighted by molar-refractivity contribution is 6.32. The van der Waals surface area contributed by atoms with Crippen molar-refractivity contribution in [1.82, 2.24) is 4.98 Å². The second kappa shape index (κ2) is 4.41. The standard InChI is InChI=1S/C12H11ClN2O/c1-8-2-4-10(7-15-8)16-12-5-3-9(14)6-11(12)13/h2-7H,14H2,1H3. The summed E-state index contributed by atoms with van der Waals surface area (Å²) in [6, 6.07) is 8.84. The molecule has 0 aliphatic carbocycles. The van der Waals surface area contributed by atoms with E-state index in [4.69, 9.17) is 22.1 Å². The lowest BCUT2D eigenvalue weighted by molar-refractivity contribution is 0.480. The number of halogens is 1. The summed E-state index contributed by atoms with van der Waals surface area (Å²) in [5, 5.41) is 0.487. The molecule has 0 unspecified atom stereocenters. The van der Waals surface area contributed by atoms with Crippen molar-refractivity contribution in [3.05, 3.63) is 47.2 Å². The van der Waals surface area contributed by atoms with Gasteiger partial charge in [-0.2, -0.15) is 0 Å².